The van der Waals surface area contributed by atoms with E-state index < -0.39 is 0 Å². The van der Waals surface area contributed by atoms with Crippen LogP contribution in [0.25, 0.3) is 11.4 Å². The van der Waals surface area contributed by atoms with Crippen LogP contribution in [0, 0.1) is 11.2 Å². The average molecular weight is 270 g/mol. The largest absolute Gasteiger partial charge is 0.294 e. The molecule has 1 aliphatic rings. The predicted molar refractivity (Wildman–Crippen MR) is 73.9 cm³/mol. The van der Waals surface area contributed by atoms with Gasteiger partial charge in [-0.05, 0) is 24.0 Å². The number of hydrogen-bond donors (Lipinski definition) is 0. The van der Waals surface area contributed by atoms with E-state index in [0.717, 1.165) is 12.1 Å². The molecule has 0 atom stereocenters. The quantitative estimate of drug-likeness (QED) is 0.797. The molecule has 4 heteroatoms. The van der Waals surface area contributed by atoms with Crippen LogP contribution in [0.15, 0.2) is 30.5 Å². The van der Waals surface area contributed by atoms with Gasteiger partial charge in [-0.3, -0.25) is 4.79 Å². The van der Waals surface area contributed by atoms with Crippen molar-refractivity contribution >= 4 is 5.78 Å². The summed E-state index contributed by atoms with van der Waals surface area (Å²) < 4.78 is 13.3. The molecule has 0 bridgehead atoms. The van der Waals surface area contributed by atoms with E-state index in [4.69, 9.17) is 0 Å². The van der Waals surface area contributed by atoms with Crippen LogP contribution in [0.2, 0.25) is 0 Å². The first-order valence-corrected chi connectivity index (χ1v) is 6.60. The predicted octanol–water partition coefficient (Wildman–Crippen LogP) is 3.44. The Morgan fingerprint density at radius 2 is 2.05 bits per heavy atom. The van der Waals surface area contributed by atoms with Gasteiger partial charge in [-0.2, -0.15) is 0 Å². The van der Waals surface area contributed by atoms with Crippen molar-refractivity contribution in [1.82, 2.24) is 9.97 Å². The Morgan fingerprint density at radius 3 is 2.80 bits per heavy atom. The Bertz CT molecular complexity index is 695. The third-order valence-corrected chi connectivity index (χ3v) is 3.54. The van der Waals surface area contributed by atoms with Crippen molar-refractivity contribution in [2.75, 3.05) is 0 Å². The van der Waals surface area contributed by atoms with Gasteiger partial charge in [-0.1, -0.05) is 26.0 Å². The van der Waals surface area contributed by atoms with Crippen molar-refractivity contribution in [1.29, 1.82) is 0 Å². The second-order valence-corrected chi connectivity index (χ2v) is 6.01. The van der Waals surface area contributed by atoms with Crippen molar-refractivity contribution < 1.29 is 9.18 Å². The van der Waals surface area contributed by atoms with Gasteiger partial charge < -0.3 is 0 Å². The number of Topliss-reactive ketones (excluding diaryl/α,β-unsaturated/α-hetero) is 1. The molecule has 3 rings (SSSR count). The maximum Gasteiger partial charge on any atom is 0.166 e. The normalized spacial score (nSPS) is 16.9. The molecule has 1 aromatic heterocycles. The van der Waals surface area contributed by atoms with Gasteiger partial charge in [0, 0.05) is 18.2 Å². The summed E-state index contributed by atoms with van der Waals surface area (Å²) in [6, 6.07) is 6.18. The van der Waals surface area contributed by atoms with Crippen LogP contribution in [-0.2, 0) is 6.42 Å². The van der Waals surface area contributed by atoms with Crippen LogP contribution in [0.1, 0.15) is 36.3 Å². The van der Waals surface area contributed by atoms with Crippen molar-refractivity contribution in [3.8, 4) is 11.4 Å². The molecule has 1 aromatic carbocycles. The van der Waals surface area contributed by atoms with E-state index in [1.807, 2.05) is 0 Å². The molecule has 1 aliphatic carbocycles. The summed E-state index contributed by atoms with van der Waals surface area (Å²) in [4.78, 5) is 20.7. The first-order valence-electron chi connectivity index (χ1n) is 6.60. The Balaban J connectivity index is 2.07. The van der Waals surface area contributed by atoms with Crippen LogP contribution >= 0.6 is 0 Å². The topological polar surface area (TPSA) is 42.9 Å². The monoisotopic (exact) mass is 270 g/mol. The lowest BCUT2D eigenvalue weighted by Crippen LogP contribution is -2.28. The van der Waals surface area contributed by atoms with Gasteiger partial charge in [0.25, 0.3) is 0 Å². The summed E-state index contributed by atoms with van der Waals surface area (Å²) in [6.07, 6.45) is 2.82. The van der Waals surface area contributed by atoms with Crippen LogP contribution in [0.3, 0.4) is 0 Å². The molecule has 0 radical (unpaired) electrons. The SMILES string of the molecule is CC1(C)CC(=O)c2cnc(-c3cccc(F)c3)nc2C1. The van der Waals surface area contributed by atoms with Gasteiger partial charge in [-0.15, -0.1) is 0 Å². The number of ketones is 1. The molecule has 0 N–H and O–H groups in total. The van der Waals surface area contributed by atoms with Crippen molar-refractivity contribution in [3.63, 3.8) is 0 Å². The van der Waals surface area contributed by atoms with E-state index in [9.17, 15) is 9.18 Å². The highest BCUT2D eigenvalue weighted by atomic mass is 19.1. The highest BCUT2D eigenvalue weighted by Gasteiger charge is 2.32. The summed E-state index contributed by atoms with van der Waals surface area (Å²) in [5.74, 6) is 0.232. The van der Waals surface area contributed by atoms with Crippen LogP contribution in [-0.4, -0.2) is 15.8 Å². The lowest BCUT2D eigenvalue weighted by molar-refractivity contribution is 0.0910. The molecule has 2 aromatic rings. The Morgan fingerprint density at radius 1 is 1.25 bits per heavy atom. The minimum atomic E-state index is -0.319. The molecule has 0 unspecified atom stereocenters. The first-order chi connectivity index (χ1) is 9.44. The zero-order valence-electron chi connectivity index (χ0n) is 11.5. The number of aromatic nitrogens is 2. The Labute approximate surface area is 116 Å². The Kier molecular flexibility index (Phi) is 2.89. The zero-order chi connectivity index (χ0) is 14.3. The van der Waals surface area contributed by atoms with Gasteiger partial charge in [0.05, 0.1) is 11.3 Å². The van der Waals surface area contributed by atoms with Gasteiger partial charge in [0.2, 0.25) is 0 Å². The van der Waals surface area contributed by atoms with Gasteiger partial charge in [0.15, 0.2) is 11.6 Å². The first kappa shape index (κ1) is 12.9. The number of halogens is 1. The standard InChI is InChI=1S/C16H15FN2O/c1-16(2)7-13-12(14(20)8-16)9-18-15(19-13)10-4-3-5-11(17)6-10/h3-6,9H,7-8H2,1-2H3. The molecule has 3 nitrogen and oxygen atoms in total. The molecular formula is C16H15FN2O. The number of fused-ring (bicyclic) bond motifs is 1. The number of hydrogen-bond acceptors (Lipinski definition) is 3. The molecule has 0 spiro atoms. The zero-order valence-corrected chi connectivity index (χ0v) is 11.5. The summed E-state index contributed by atoms with van der Waals surface area (Å²) in [5, 5.41) is 0. The number of carbonyl (C=O) groups is 1. The van der Waals surface area contributed by atoms with E-state index in [2.05, 4.69) is 23.8 Å². The average Bonchev–Trinajstić information content (AvgIpc) is 2.36. The number of benzene rings is 1. The minimum absolute atomic E-state index is 0.0852. The van der Waals surface area contributed by atoms with Gasteiger partial charge in [-0.25, -0.2) is 14.4 Å². The third-order valence-electron chi connectivity index (χ3n) is 3.54. The summed E-state index contributed by atoms with van der Waals surface area (Å²) in [5.41, 5.74) is 1.91. The minimum Gasteiger partial charge on any atom is -0.294 e. The van der Waals surface area contributed by atoms with Crippen LogP contribution < -0.4 is 0 Å². The highest BCUT2D eigenvalue weighted by molar-refractivity contribution is 5.98. The number of carbonyl (C=O) groups excluding carboxylic acids is 1. The molecule has 0 amide bonds. The van der Waals surface area contributed by atoms with E-state index >= 15 is 0 Å². The van der Waals surface area contributed by atoms with Gasteiger partial charge in [0.1, 0.15) is 5.82 Å². The molecule has 0 fully saturated rings. The summed E-state index contributed by atoms with van der Waals surface area (Å²) >= 11 is 0. The van der Waals surface area contributed by atoms with Crippen molar-refractivity contribution in [2.45, 2.75) is 26.7 Å². The highest BCUT2D eigenvalue weighted by Crippen LogP contribution is 2.34. The van der Waals surface area contributed by atoms with Crippen molar-refractivity contribution in [2.24, 2.45) is 5.41 Å². The van der Waals surface area contributed by atoms with E-state index in [1.165, 1.54) is 12.1 Å². The molecule has 20 heavy (non-hydrogen) atoms. The van der Waals surface area contributed by atoms with Crippen molar-refractivity contribution in [3.05, 3.63) is 47.5 Å². The second kappa shape index (κ2) is 4.47. The van der Waals surface area contributed by atoms with E-state index in [1.54, 1.807) is 18.3 Å². The number of nitrogens with zero attached hydrogens (tertiary/aromatic N) is 2. The maximum absolute atomic E-state index is 13.3. The van der Waals surface area contributed by atoms with E-state index in [-0.39, 0.29) is 17.0 Å². The second-order valence-electron chi connectivity index (χ2n) is 6.01. The third kappa shape index (κ3) is 2.33. The Hall–Kier alpha value is -2.10. The molecule has 0 saturated heterocycles. The smallest absolute Gasteiger partial charge is 0.166 e. The molecule has 102 valence electrons. The lowest BCUT2D eigenvalue weighted by Gasteiger charge is -2.29. The van der Waals surface area contributed by atoms with Crippen LogP contribution in [0.4, 0.5) is 4.39 Å². The fourth-order valence-corrected chi connectivity index (χ4v) is 2.60. The lowest BCUT2D eigenvalue weighted by atomic mass is 9.76. The maximum atomic E-state index is 13.3. The fraction of sp³-hybridized carbons (Fsp3) is 0.312. The molecule has 0 aliphatic heterocycles. The summed E-state index contributed by atoms with van der Waals surface area (Å²) in [7, 11) is 0. The molecular weight excluding hydrogens is 255 g/mol. The fourth-order valence-electron chi connectivity index (χ4n) is 2.60. The van der Waals surface area contributed by atoms with E-state index in [0.29, 0.717) is 23.4 Å². The van der Waals surface area contributed by atoms with Gasteiger partial charge >= 0.3 is 0 Å². The van der Waals surface area contributed by atoms with Crippen LogP contribution in [0.5, 0.6) is 0 Å². The number of rotatable bonds is 1. The molecule has 1 heterocycles. The summed E-state index contributed by atoms with van der Waals surface area (Å²) in [6.45, 7) is 4.11. The molecule has 0 saturated carbocycles.